The summed E-state index contributed by atoms with van der Waals surface area (Å²) < 4.78 is 21.3. The van der Waals surface area contributed by atoms with E-state index in [1.165, 1.54) is 17.8 Å². The van der Waals surface area contributed by atoms with Gasteiger partial charge in [0.2, 0.25) is 0 Å². The summed E-state index contributed by atoms with van der Waals surface area (Å²) in [7, 11) is 0. The summed E-state index contributed by atoms with van der Waals surface area (Å²) >= 11 is 16.3. The molecule has 1 heterocycles. The SMILES string of the molecule is Cc1ccc(N2C(=O)/C(=C\c3cc(Br)ccc3OCc3c(F)cccc3Cl)SC2=S)c(C)c1. The smallest absolute Gasteiger partial charge is 0.270 e. The number of rotatable bonds is 5. The van der Waals surface area contributed by atoms with Crippen LogP contribution in [0.15, 0.2) is 64.0 Å². The zero-order valence-electron chi connectivity index (χ0n) is 17.7. The number of halogens is 3. The highest BCUT2D eigenvalue weighted by Gasteiger charge is 2.34. The highest BCUT2D eigenvalue weighted by molar-refractivity contribution is 9.10. The van der Waals surface area contributed by atoms with Crippen LogP contribution in [0, 0.1) is 19.7 Å². The van der Waals surface area contributed by atoms with E-state index in [0.717, 1.165) is 21.3 Å². The Balaban J connectivity index is 1.64. The number of nitrogens with zero attached hydrogens (tertiary/aromatic N) is 1. The van der Waals surface area contributed by atoms with E-state index in [9.17, 15) is 9.18 Å². The van der Waals surface area contributed by atoms with Crippen molar-refractivity contribution in [3.63, 3.8) is 0 Å². The van der Waals surface area contributed by atoms with Crippen molar-refractivity contribution in [2.24, 2.45) is 0 Å². The van der Waals surface area contributed by atoms with Crippen molar-refractivity contribution in [2.45, 2.75) is 20.5 Å². The molecule has 1 aliphatic rings. The van der Waals surface area contributed by atoms with E-state index in [0.29, 0.717) is 25.6 Å². The molecule has 1 fully saturated rings. The third kappa shape index (κ3) is 5.17. The van der Waals surface area contributed by atoms with Gasteiger partial charge in [-0.2, -0.15) is 0 Å². The second kappa shape index (κ2) is 9.97. The molecule has 0 saturated carbocycles. The standard InChI is InChI=1S/C25H18BrClFNO2S2/c1-14-6-8-21(15(2)10-14)29-24(30)23(33-25(29)32)12-16-11-17(26)7-9-22(16)31-13-18-19(27)4-3-5-20(18)28/h3-12H,13H2,1-2H3/b23-12+. The molecule has 1 saturated heterocycles. The van der Waals surface area contributed by atoms with Gasteiger partial charge in [-0.1, -0.05) is 75.3 Å². The minimum absolute atomic E-state index is 0.0441. The normalized spacial score (nSPS) is 14.9. The molecule has 0 bridgehead atoms. The van der Waals surface area contributed by atoms with Gasteiger partial charge in [0, 0.05) is 15.6 Å². The van der Waals surface area contributed by atoms with E-state index in [-0.39, 0.29) is 18.1 Å². The molecule has 0 aromatic heterocycles. The largest absolute Gasteiger partial charge is 0.488 e. The first-order valence-corrected chi connectivity index (χ1v) is 12.3. The summed E-state index contributed by atoms with van der Waals surface area (Å²) in [5.41, 5.74) is 3.79. The molecule has 0 atom stereocenters. The molecular weight excluding hydrogens is 545 g/mol. The molecule has 3 aromatic rings. The van der Waals surface area contributed by atoms with Crippen LogP contribution in [-0.4, -0.2) is 10.2 Å². The highest BCUT2D eigenvalue weighted by Crippen LogP contribution is 2.39. The van der Waals surface area contributed by atoms with Crippen molar-refractivity contribution in [2.75, 3.05) is 4.90 Å². The maximum Gasteiger partial charge on any atom is 0.270 e. The maximum absolute atomic E-state index is 14.1. The summed E-state index contributed by atoms with van der Waals surface area (Å²) in [4.78, 5) is 15.3. The number of anilines is 1. The number of ether oxygens (including phenoxy) is 1. The average Bonchev–Trinajstić information content (AvgIpc) is 3.02. The number of hydrogen-bond acceptors (Lipinski definition) is 4. The molecule has 33 heavy (non-hydrogen) atoms. The second-order valence-corrected chi connectivity index (χ2v) is 10.5. The third-order valence-electron chi connectivity index (χ3n) is 5.08. The Kier molecular flexibility index (Phi) is 7.24. The van der Waals surface area contributed by atoms with Crippen LogP contribution in [0.2, 0.25) is 5.02 Å². The van der Waals surface area contributed by atoms with Crippen LogP contribution in [0.4, 0.5) is 10.1 Å². The molecule has 0 unspecified atom stereocenters. The van der Waals surface area contributed by atoms with Crippen LogP contribution in [0.1, 0.15) is 22.3 Å². The molecule has 168 valence electrons. The van der Waals surface area contributed by atoms with Crippen molar-refractivity contribution in [1.82, 2.24) is 0 Å². The quantitative estimate of drug-likeness (QED) is 0.234. The molecule has 1 amide bonds. The summed E-state index contributed by atoms with van der Waals surface area (Å²) in [6.45, 7) is 3.92. The zero-order valence-corrected chi connectivity index (χ0v) is 21.7. The fourth-order valence-corrected chi connectivity index (χ4v) is 5.33. The van der Waals surface area contributed by atoms with Crippen molar-refractivity contribution in [1.29, 1.82) is 0 Å². The first kappa shape index (κ1) is 24.0. The number of benzene rings is 3. The Morgan fingerprint density at radius 1 is 1.18 bits per heavy atom. The Labute approximate surface area is 214 Å². The Morgan fingerprint density at radius 3 is 2.70 bits per heavy atom. The predicted molar refractivity (Wildman–Crippen MR) is 141 cm³/mol. The molecule has 0 spiro atoms. The molecule has 8 heteroatoms. The lowest BCUT2D eigenvalue weighted by Gasteiger charge is -2.17. The summed E-state index contributed by atoms with van der Waals surface area (Å²) in [6.07, 6.45) is 1.74. The van der Waals surface area contributed by atoms with Crippen LogP contribution in [-0.2, 0) is 11.4 Å². The molecular formula is C25H18BrClFNO2S2. The van der Waals surface area contributed by atoms with Crippen LogP contribution < -0.4 is 9.64 Å². The number of thioether (sulfide) groups is 1. The minimum Gasteiger partial charge on any atom is -0.488 e. The average molecular weight is 563 g/mol. The summed E-state index contributed by atoms with van der Waals surface area (Å²) in [5.74, 6) is -0.134. The molecule has 4 rings (SSSR count). The number of carbonyl (C=O) groups is 1. The number of amides is 1. The maximum atomic E-state index is 14.1. The molecule has 0 N–H and O–H groups in total. The van der Waals surface area contributed by atoms with Gasteiger partial charge in [-0.05, 0) is 61.9 Å². The lowest BCUT2D eigenvalue weighted by atomic mass is 10.1. The summed E-state index contributed by atoms with van der Waals surface area (Å²) in [6, 6.07) is 15.8. The van der Waals surface area contributed by atoms with Gasteiger partial charge in [0.1, 0.15) is 18.2 Å². The zero-order chi connectivity index (χ0) is 23.7. The van der Waals surface area contributed by atoms with Gasteiger partial charge in [-0.25, -0.2) is 4.39 Å². The monoisotopic (exact) mass is 561 g/mol. The molecule has 3 nitrogen and oxygen atoms in total. The van der Waals surface area contributed by atoms with Crippen LogP contribution in [0.3, 0.4) is 0 Å². The fraction of sp³-hybridized carbons (Fsp3) is 0.120. The van der Waals surface area contributed by atoms with Gasteiger partial charge in [0.15, 0.2) is 4.32 Å². The second-order valence-electron chi connectivity index (χ2n) is 7.48. The van der Waals surface area contributed by atoms with Crippen LogP contribution in [0.25, 0.3) is 6.08 Å². The van der Waals surface area contributed by atoms with Gasteiger partial charge in [-0.15, -0.1) is 0 Å². The molecule has 1 aliphatic heterocycles. The molecule has 3 aromatic carbocycles. The van der Waals surface area contributed by atoms with Gasteiger partial charge in [-0.3, -0.25) is 9.69 Å². The molecule has 0 radical (unpaired) electrons. The van der Waals surface area contributed by atoms with E-state index < -0.39 is 5.82 Å². The van der Waals surface area contributed by atoms with Gasteiger partial charge in [0.25, 0.3) is 5.91 Å². The van der Waals surface area contributed by atoms with Gasteiger partial charge < -0.3 is 4.74 Å². The van der Waals surface area contributed by atoms with Crippen LogP contribution in [0.5, 0.6) is 5.75 Å². The Bertz CT molecular complexity index is 1290. The Hall–Kier alpha value is -2.19. The van der Waals surface area contributed by atoms with Crippen molar-refractivity contribution in [3.05, 3.63) is 97.1 Å². The lowest BCUT2D eigenvalue weighted by molar-refractivity contribution is -0.113. The lowest BCUT2D eigenvalue weighted by Crippen LogP contribution is -2.28. The summed E-state index contributed by atoms with van der Waals surface area (Å²) in [5, 5.41) is 0.294. The van der Waals surface area contributed by atoms with E-state index in [1.54, 1.807) is 29.2 Å². The minimum atomic E-state index is -0.435. The number of hydrogen-bond donors (Lipinski definition) is 0. The first-order chi connectivity index (χ1) is 15.7. The Morgan fingerprint density at radius 2 is 1.97 bits per heavy atom. The molecule has 0 aliphatic carbocycles. The van der Waals surface area contributed by atoms with E-state index in [4.69, 9.17) is 28.6 Å². The predicted octanol–water partition coefficient (Wildman–Crippen LogP) is 7.84. The van der Waals surface area contributed by atoms with E-state index >= 15 is 0 Å². The van der Waals surface area contributed by atoms with Crippen molar-refractivity contribution in [3.8, 4) is 5.75 Å². The third-order valence-corrected chi connectivity index (χ3v) is 7.23. The van der Waals surface area contributed by atoms with Crippen molar-refractivity contribution < 1.29 is 13.9 Å². The number of carbonyl (C=O) groups excluding carboxylic acids is 1. The fourth-order valence-electron chi connectivity index (χ4n) is 3.46. The topological polar surface area (TPSA) is 29.5 Å². The number of thiocarbonyl (C=S) groups is 1. The number of aryl methyl sites for hydroxylation is 2. The van der Waals surface area contributed by atoms with Crippen molar-refractivity contribution >= 4 is 73.5 Å². The van der Waals surface area contributed by atoms with Crippen LogP contribution >= 0.6 is 51.5 Å². The van der Waals surface area contributed by atoms with Gasteiger partial charge >= 0.3 is 0 Å². The van der Waals surface area contributed by atoms with E-state index in [2.05, 4.69) is 15.9 Å². The van der Waals surface area contributed by atoms with Gasteiger partial charge in [0.05, 0.1) is 15.6 Å². The highest BCUT2D eigenvalue weighted by atomic mass is 79.9. The van der Waals surface area contributed by atoms with E-state index in [1.807, 2.05) is 44.2 Å². The first-order valence-electron chi connectivity index (χ1n) is 9.95.